The summed E-state index contributed by atoms with van der Waals surface area (Å²) < 4.78 is 0. The van der Waals surface area contributed by atoms with Gasteiger partial charge >= 0.3 is 0 Å². The van der Waals surface area contributed by atoms with Crippen LogP contribution < -0.4 is 0 Å². The van der Waals surface area contributed by atoms with Crippen LogP contribution in [0.5, 0.6) is 0 Å². The van der Waals surface area contributed by atoms with Crippen molar-refractivity contribution >= 4 is 23.2 Å². The zero-order chi connectivity index (χ0) is 31.9. The van der Waals surface area contributed by atoms with Crippen LogP contribution in [0.2, 0.25) is 10.0 Å². The number of imidazole rings is 2. The van der Waals surface area contributed by atoms with E-state index in [0.29, 0.717) is 10.0 Å². The van der Waals surface area contributed by atoms with Gasteiger partial charge in [0.05, 0.1) is 22.8 Å². The fourth-order valence-corrected chi connectivity index (χ4v) is 6.52. The zero-order valence-electron chi connectivity index (χ0n) is 26.0. The second-order valence-electron chi connectivity index (χ2n) is 11.6. The summed E-state index contributed by atoms with van der Waals surface area (Å²) >= 11 is 12.5. The highest BCUT2D eigenvalue weighted by molar-refractivity contribution is 6.31. The molecule has 46 heavy (non-hydrogen) atoms. The van der Waals surface area contributed by atoms with Crippen LogP contribution in [0.4, 0.5) is 0 Å². The van der Waals surface area contributed by atoms with Crippen molar-refractivity contribution in [1.82, 2.24) is 19.9 Å². The van der Waals surface area contributed by atoms with Gasteiger partial charge in [0, 0.05) is 43.4 Å². The van der Waals surface area contributed by atoms with Crippen LogP contribution >= 0.6 is 23.2 Å². The Balaban J connectivity index is 1.40. The van der Waals surface area contributed by atoms with Gasteiger partial charge in [-0.05, 0) is 74.2 Å². The summed E-state index contributed by atoms with van der Waals surface area (Å²) in [5.74, 6) is 1.67. The summed E-state index contributed by atoms with van der Waals surface area (Å²) in [7, 11) is 0. The standard InChI is InChI=1S/C40H32Cl2N4/c1-23-24(2)34(40-44-36(28-13-9-6-10-14-28)38(46-40)30-17-21-32(42)22-18-30)26(4)25(3)33(23)39-43-35(27-11-7-5-8-12-27)37(45-39)29-15-19-31(41)20-16-29/h5-22H,1-4H3,(H,43,45)(H,44,46). The first-order valence-corrected chi connectivity index (χ1v) is 16.0. The van der Waals surface area contributed by atoms with Gasteiger partial charge in [-0.1, -0.05) is 108 Å². The van der Waals surface area contributed by atoms with E-state index in [1.165, 1.54) is 0 Å². The number of nitrogens with zero attached hydrogens (tertiary/aromatic N) is 2. The summed E-state index contributed by atoms with van der Waals surface area (Å²) in [5.41, 5.74) is 14.7. The quantitative estimate of drug-likeness (QED) is 0.190. The number of halogens is 2. The van der Waals surface area contributed by atoms with Gasteiger partial charge in [-0.2, -0.15) is 0 Å². The maximum atomic E-state index is 6.25. The minimum atomic E-state index is 0.696. The van der Waals surface area contributed by atoms with Crippen molar-refractivity contribution in [3.63, 3.8) is 0 Å². The molecule has 0 fully saturated rings. The van der Waals surface area contributed by atoms with Crippen LogP contribution in [-0.2, 0) is 0 Å². The number of benzene rings is 5. The molecule has 7 aromatic rings. The molecule has 0 saturated heterocycles. The van der Waals surface area contributed by atoms with E-state index < -0.39 is 0 Å². The molecule has 0 spiro atoms. The van der Waals surface area contributed by atoms with Crippen LogP contribution in [-0.4, -0.2) is 19.9 Å². The largest absolute Gasteiger partial charge is 0.337 e. The van der Waals surface area contributed by atoms with Gasteiger partial charge in [-0.25, -0.2) is 9.97 Å². The lowest BCUT2D eigenvalue weighted by Crippen LogP contribution is -2.02. The fourth-order valence-electron chi connectivity index (χ4n) is 6.27. The predicted molar refractivity (Wildman–Crippen MR) is 192 cm³/mol. The molecule has 2 heterocycles. The van der Waals surface area contributed by atoms with E-state index in [9.17, 15) is 0 Å². The summed E-state index contributed by atoms with van der Waals surface area (Å²) in [6, 6.07) is 36.4. The monoisotopic (exact) mass is 638 g/mol. The lowest BCUT2D eigenvalue weighted by atomic mass is 9.88. The van der Waals surface area contributed by atoms with Gasteiger partial charge in [-0.15, -0.1) is 0 Å². The van der Waals surface area contributed by atoms with Gasteiger partial charge in [0.1, 0.15) is 11.6 Å². The van der Waals surface area contributed by atoms with E-state index in [2.05, 4.69) is 61.9 Å². The molecule has 7 rings (SSSR count). The van der Waals surface area contributed by atoms with Gasteiger partial charge < -0.3 is 9.97 Å². The lowest BCUT2D eigenvalue weighted by molar-refractivity contribution is 1.18. The molecule has 5 aromatic carbocycles. The van der Waals surface area contributed by atoms with E-state index >= 15 is 0 Å². The summed E-state index contributed by atoms with van der Waals surface area (Å²) in [6.07, 6.45) is 0. The first-order chi connectivity index (χ1) is 22.3. The second kappa shape index (κ2) is 12.1. The van der Waals surface area contributed by atoms with Crippen LogP contribution in [0.1, 0.15) is 22.3 Å². The lowest BCUT2D eigenvalue weighted by Gasteiger charge is -2.18. The highest BCUT2D eigenvalue weighted by Crippen LogP contribution is 2.42. The SMILES string of the molecule is Cc1c(C)c(-c2nc(-c3ccccc3)c(-c3ccc(Cl)cc3)[nH]2)c(C)c(C)c1-c1nc(-c2ccc(Cl)cc2)c(-c2ccccc2)[nH]1. The minimum absolute atomic E-state index is 0.696. The van der Waals surface area contributed by atoms with Gasteiger partial charge in [0.25, 0.3) is 0 Å². The van der Waals surface area contributed by atoms with Crippen molar-refractivity contribution in [1.29, 1.82) is 0 Å². The molecule has 0 radical (unpaired) electrons. The minimum Gasteiger partial charge on any atom is -0.337 e. The Labute approximate surface area is 279 Å². The summed E-state index contributed by atoms with van der Waals surface area (Å²) in [5, 5.41) is 1.40. The Morgan fingerprint density at radius 1 is 0.413 bits per heavy atom. The predicted octanol–water partition coefficient (Wildman–Crippen LogP) is 11.7. The number of hydrogen-bond donors (Lipinski definition) is 2. The average molecular weight is 640 g/mol. The first kappa shape index (κ1) is 29.8. The zero-order valence-corrected chi connectivity index (χ0v) is 27.6. The van der Waals surface area contributed by atoms with Crippen LogP contribution in [0, 0.1) is 27.7 Å². The number of aromatic amines is 2. The molecule has 4 nitrogen and oxygen atoms in total. The van der Waals surface area contributed by atoms with E-state index in [4.69, 9.17) is 33.2 Å². The number of rotatable bonds is 6. The Bertz CT molecular complexity index is 1990. The number of nitrogens with one attached hydrogen (secondary N) is 2. The molecule has 0 aliphatic rings. The van der Waals surface area contributed by atoms with Gasteiger partial charge in [-0.3, -0.25) is 0 Å². The molecular formula is C40H32Cl2N4. The highest BCUT2D eigenvalue weighted by atomic mass is 35.5. The second-order valence-corrected chi connectivity index (χ2v) is 12.5. The van der Waals surface area contributed by atoms with Crippen molar-refractivity contribution in [2.75, 3.05) is 0 Å². The topological polar surface area (TPSA) is 57.4 Å². The number of hydrogen-bond acceptors (Lipinski definition) is 2. The van der Waals surface area contributed by atoms with E-state index in [-0.39, 0.29) is 0 Å². The molecule has 0 amide bonds. The molecular weight excluding hydrogens is 607 g/mol. The Morgan fingerprint density at radius 2 is 0.739 bits per heavy atom. The molecule has 2 N–H and O–H groups in total. The van der Waals surface area contributed by atoms with Crippen molar-refractivity contribution in [3.05, 3.63) is 141 Å². The Kier molecular flexibility index (Phi) is 7.85. The molecule has 0 saturated carbocycles. The van der Waals surface area contributed by atoms with E-state index in [0.717, 1.165) is 90.1 Å². The average Bonchev–Trinajstić information content (AvgIpc) is 3.71. The molecule has 0 unspecified atom stereocenters. The molecule has 2 aromatic heterocycles. The number of H-pyrrole nitrogens is 2. The van der Waals surface area contributed by atoms with Crippen molar-refractivity contribution in [2.45, 2.75) is 27.7 Å². The number of aromatic nitrogens is 4. The fraction of sp³-hybridized carbons (Fsp3) is 0.100. The highest BCUT2D eigenvalue weighted by Gasteiger charge is 2.24. The van der Waals surface area contributed by atoms with Gasteiger partial charge in [0.2, 0.25) is 0 Å². The maximum absolute atomic E-state index is 6.25. The van der Waals surface area contributed by atoms with Crippen LogP contribution in [0.25, 0.3) is 67.8 Å². The van der Waals surface area contributed by atoms with Crippen molar-refractivity contribution in [2.24, 2.45) is 0 Å². The first-order valence-electron chi connectivity index (χ1n) is 15.2. The van der Waals surface area contributed by atoms with Crippen molar-refractivity contribution < 1.29 is 0 Å². The summed E-state index contributed by atoms with van der Waals surface area (Å²) in [6.45, 7) is 8.70. The third kappa shape index (κ3) is 5.34. The van der Waals surface area contributed by atoms with Crippen molar-refractivity contribution in [3.8, 4) is 67.8 Å². The molecule has 0 atom stereocenters. The normalized spacial score (nSPS) is 11.3. The third-order valence-corrected chi connectivity index (χ3v) is 9.37. The Hall–Kier alpha value is -4.90. The van der Waals surface area contributed by atoms with E-state index in [1.807, 2.05) is 84.9 Å². The van der Waals surface area contributed by atoms with Crippen LogP contribution in [0.3, 0.4) is 0 Å². The van der Waals surface area contributed by atoms with Gasteiger partial charge in [0.15, 0.2) is 0 Å². The van der Waals surface area contributed by atoms with Crippen LogP contribution in [0.15, 0.2) is 109 Å². The molecule has 0 aliphatic heterocycles. The maximum Gasteiger partial charge on any atom is 0.139 e. The summed E-state index contributed by atoms with van der Waals surface area (Å²) in [4.78, 5) is 17.9. The Morgan fingerprint density at radius 3 is 1.15 bits per heavy atom. The molecule has 226 valence electrons. The molecule has 0 bridgehead atoms. The smallest absolute Gasteiger partial charge is 0.139 e. The van der Waals surface area contributed by atoms with E-state index in [1.54, 1.807) is 0 Å². The molecule has 6 heteroatoms. The molecule has 0 aliphatic carbocycles. The third-order valence-electron chi connectivity index (χ3n) is 8.87.